The molecule has 3 aromatic rings. The molecule has 6 heteroatoms. The van der Waals surface area contributed by atoms with E-state index < -0.39 is 0 Å². The minimum Gasteiger partial charge on any atom is -0.252 e. The van der Waals surface area contributed by atoms with Crippen LogP contribution in [0.15, 0.2) is 63.9 Å². The molecule has 0 radical (unpaired) electrons. The van der Waals surface area contributed by atoms with Gasteiger partial charge in [0, 0.05) is 5.56 Å². The van der Waals surface area contributed by atoms with Crippen molar-refractivity contribution in [2.24, 2.45) is 15.3 Å². The molecule has 1 N–H and O–H groups in total. The van der Waals surface area contributed by atoms with Crippen LogP contribution >= 0.6 is 11.3 Å². The number of azo groups is 1. The van der Waals surface area contributed by atoms with E-state index in [1.165, 1.54) is 34.4 Å². The first kappa shape index (κ1) is 18.5. The van der Waals surface area contributed by atoms with E-state index in [1.807, 2.05) is 31.2 Å². The van der Waals surface area contributed by atoms with E-state index in [4.69, 9.17) is 0 Å². The average molecular weight is 390 g/mol. The summed E-state index contributed by atoms with van der Waals surface area (Å²) in [5.74, 6) is 0. The van der Waals surface area contributed by atoms with E-state index in [0.29, 0.717) is 0 Å². The highest BCUT2D eigenvalue weighted by molar-refractivity contribution is 7.19. The van der Waals surface area contributed by atoms with Crippen molar-refractivity contribution in [1.29, 1.82) is 0 Å². The Kier molecular flexibility index (Phi) is 5.58. The van der Waals surface area contributed by atoms with Crippen molar-refractivity contribution in [2.75, 3.05) is 5.43 Å². The highest BCUT2D eigenvalue weighted by Crippen LogP contribution is 2.32. The lowest BCUT2D eigenvalue weighted by atomic mass is 10.0. The van der Waals surface area contributed by atoms with Gasteiger partial charge in [-0.1, -0.05) is 53.3 Å². The summed E-state index contributed by atoms with van der Waals surface area (Å²) in [7, 11) is 0. The van der Waals surface area contributed by atoms with Crippen LogP contribution in [0, 0.1) is 13.8 Å². The third-order valence-electron chi connectivity index (χ3n) is 4.79. The number of hydrogen-bond donors (Lipinski definition) is 1. The summed E-state index contributed by atoms with van der Waals surface area (Å²) in [6.45, 7) is 4.00. The summed E-state index contributed by atoms with van der Waals surface area (Å²) in [6.07, 6.45) is 4.46. The van der Waals surface area contributed by atoms with Crippen molar-refractivity contribution >= 4 is 32.9 Å². The predicted molar refractivity (Wildman–Crippen MR) is 116 cm³/mol. The summed E-state index contributed by atoms with van der Waals surface area (Å²) < 4.78 is 0. The molecule has 0 bridgehead atoms. The Hall–Kier alpha value is -2.86. The van der Waals surface area contributed by atoms with Crippen molar-refractivity contribution in [3.8, 4) is 0 Å². The second-order valence-corrected chi connectivity index (χ2v) is 7.96. The number of rotatable bonds is 4. The summed E-state index contributed by atoms with van der Waals surface area (Å²) in [5, 5.41) is 14.9. The van der Waals surface area contributed by atoms with Gasteiger partial charge in [-0.05, 0) is 57.2 Å². The molecule has 5 nitrogen and oxygen atoms in total. The predicted octanol–water partition coefficient (Wildman–Crippen LogP) is 6.72. The fraction of sp³-hybridized carbons (Fsp3) is 0.273. The first-order valence-corrected chi connectivity index (χ1v) is 10.4. The van der Waals surface area contributed by atoms with E-state index in [0.717, 1.165) is 46.5 Å². The number of benzene rings is 2. The van der Waals surface area contributed by atoms with Crippen molar-refractivity contribution in [3.05, 3.63) is 70.9 Å². The molecule has 0 saturated heterocycles. The molecule has 28 heavy (non-hydrogen) atoms. The van der Waals surface area contributed by atoms with E-state index in [9.17, 15) is 0 Å². The number of thiazole rings is 1. The molecule has 0 spiro atoms. The number of fused-ring (bicyclic) bond motifs is 1. The topological polar surface area (TPSA) is 62.0 Å². The summed E-state index contributed by atoms with van der Waals surface area (Å²) >= 11 is 1.47. The quantitative estimate of drug-likeness (QED) is 0.306. The van der Waals surface area contributed by atoms with Crippen molar-refractivity contribution in [2.45, 2.75) is 39.5 Å². The van der Waals surface area contributed by atoms with Gasteiger partial charge in [0.2, 0.25) is 5.13 Å². The van der Waals surface area contributed by atoms with Gasteiger partial charge in [0.05, 0.1) is 17.1 Å². The monoisotopic (exact) mass is 389 g/mol. The van der Waals surface area contributed by atoms with Gasteiger partial charge in [-0.25, -0.2) is 4.98 Å². The molecule has 1 aliphatic rings. The van der Waals surface area contributed by atoms with Crippen LogP contribution in [0.5, 0.6) is 0 Å². The van der Waals surface area contributed by atoms with Gasteiger partial charge < -0.3 is 0 Å². The zero-order chi connectivity index (χ0) is 19.3. The Balaban J connectivity index is 1.51. The van der Waals surface area contributed by atoms with Crippen molar-refractivity contribution < 1.29 is 0 Å². The lowest BCUT2D eigenvalue weighted by molar-refractivity contribution is 0.776. The zero-order valence-corrected chi connectivity index (χ0v) is 17.0. The maximum atomic E-state index is 4.68. The van der Waals surface area contributed by atoms with Crippen LogP contribution in [-0.4, -0.2) is 10.7 Å². The average Bonchev–Trinajstić information content (AvgIpc) is 2.94. The maximum Gasteiger partial charge on any atom is 0.205 e. The van der Waals surface area contributed by atoms with E-state index in [-0.39, 0.29) is 0 Å². The Labute approximate surface area is 169 Å². The Morgan fingerprint density at radius 3 is 2.57 bits per heavy atom. The van der Waals surface area contributed by atoms with Crippen LogP contribution in [0.2, 0.25) is 0 Å². The molecule has 0 aliphatic heterocycles. The van der Waals surface area contributed by atoms with Gasteiger partial charge in [0.15, 0.2) is 5.00 Å². The first-order chi connectivity index (χ1) is 13.7. The van der Waals surface area contributed by atoms with E-state index >= 15 is 0 Å². The second-order valence-electron chi connectivity index (χ2n) is 6.98. The largest absolute Gasteiger partial charge is 0.252 e. The van der Waals surface area contributed by atoms with Crippen LogP contribution in [0.1, 0.15) is 41.6 Å². The van der Waals surface area contributed by atoms with Crippen molar-refractivity contribution in [3.63, 3.8) is 0 Å². The molecule has 0 amide bonds. The van der Waals surface area contributed by atoms with E-state index in [2.05, 4.69) is 56.9 Å². The standard InChI is InChI=1S/C22H23N5S/c1-15-11-13-18(14-12-15)24-26-21-16(2)23-22(28-21)27-25-20-10-6-4-8-17-7-3-5-9-19(17)20/h3,5,7,9,11-14H,4,6,8,10H2,1-2H3,(H,23,27)/b25-20+,26-24?. The number of nitrogens with one attached hydrogen (secondary N) is 1. The number of anilines is 1. The highest BCUT2D eigenvalue weighted by atomic mass is 32.1. The van der Waals surface area contributed by atoms with Gasteiger partial charge in [-0.2, -0.15) is 5.10 Å². The maximum absolute atomic E-state index is 4.68. The molecule has 4 rings (SSSR count). The highest BCUT2D eigenvalue weighted by Gasteiger charge is 2.14. The van der Waals surface area contributed by atoms with Crippen LogP contribution in [0.4, 0.5) is 15.8 Å². The fourth-order valence-corrected chi connectivity index (χ4v) is 3.97. The molecule has 0 saturated carbocycles. The Bertz CT molecular complexity index is 1020. The number of aromatic nitrogens is 1. The van der Waals surface area contributed by atoms with Gasteiger partial charge in [-0.15, -0.1) is 10.2 Å². The fourth-order valence-electron chi connectivity index (χ4n) is 3.24. The normalized spacial score (nSPS) is 15.6. The van der Waals surface area contributed by atoms with Gasteiger partial charge in [0.1, 0.15) is 0 Å². The van der Waals surface area contributed by atoms with Crippen LogP contribution in [0.25, 0.3) is 0 Å². The molecular formula is C22H23N5S. The number of nitrogens with zero attached hydrogens (tertiary/aromatic N) is 4. The van der Waals surface area contributed by atoms with Gasteiger partial charge in [-0.3, -0.25) is 5.43 Å². The second kappa shape index (κ2) is 8.44. The minimum absolute atomic E-state index is 0.740. The van der Waals surface area contributed by atoms with Crippen LogP contribution in [0.3, 0.4) is 0 Å². The third-order valence-corrected chi connectivity index (χ3v) is 5.73. The molecule has 1 aliphatic carbocycles. The molecule has 0 atom stereocenters. The number of hydrogen-bond acceptors (Lipinski definition) is 6. The summed E-state index contributed by atoms with van der Waals surface area (Å²) in [6, 6.07) is 16.5. The first-order valence-electron chi connectivity index (χ1n) is 9.56. The SMILES string of the molecule is Cc1ccc(N=Nc2sc(N/N=C3\CCCCc4ccccc43)nc2C)cc1. The molecule has 142 valence electrons. The van der Waals surface area contributed by atoms with Gasteiger partial charge in [0.25, 0.3) is 0 Å². The molecule has 0 unspecified atom stereocenters. The smallest absolute Gasteiger partial charge is 0.205 e. The number of hydrazone groups is 1. The Morgan fingerprint density at radius 1 is 0.929 bits per heavy atom. The summed E-state index contributed by atoms with van der Waals surface area (Å²) in [5.41, 5.74) is 9.77. The molecule has 1 heterocycles. The van der Waals surface area contributed by atoms with Crippen LogP contribution in [-0.2, 0) is 6.42 Å². The van der Waals surface area contributed by atoms with Crippen LogP contribution < -0.4 is 5.43 Å². The molecular weight excluding hydrogens is 366 g/mol. The van der Waals surface area contributed by atoms with Crippen molar-refractivity contribution in [1.82, 2.24) is 4.98 Å². The lowest BCUT2D eigenvalue weighted by Crippen LogP contribution is -2.05. The molecule has 2 aromatic carbocycles. The molecule has 1 aromatic heterocycles. The van der Waals surface area contributed by atoms with E-state index in [1.54, 1.807) is 0 Å². The van der Waals surface area contributed by atoms with Gasteiger partial charge >= 0.3 is 0 Å². The summed E-state index contributed by atoms with van der Waals surface area (Å²) in [4.78, 5) is 4.55. The minimum atomic E-state index is 0.740. The zero-order valence-electron chi connectivity index (χ0n) is 16.1. The Morgan fingerprint density at radius 2 is 1.71 bits per heavy atom. The third kappa shape index (κ3) is 4.34. The molecule has 0 fully saturated rings. The lowest BCUT2D eigenvalue weighted by Gasteiger charge is -2.07. The number of aryl methyl sites for hydroxylation is 3.